The zero-order chi connectivity index (χ0) is 16.6. The predicted octanol–water partition coefficient (Wildman–Crippen LogP) is 2.02. The molecule has 6 heteroatoms. The number of allylic oxidation sites excluding steroid dienone is 1. The van der Waals surface area contributed by atoms with Gasteiger partial charge in [0.1, 0.15) is 6.04 Å². The van der Waals surface area contributed by atoms with E-state index in [0.29, 0.717) is 26.1 Å². The highest BCUT2D eigenvalue weighted by atomic mass is 28.3. The Hall–Kier alpha value is -1.14. The van der Waals surface area contributed by atoms with Gasteiger partial charge in [0, 0.05) is 34.7 Å². The molecule has 0 radical (unpaired) electrons. The first-order chi connectivity index (χ1) is 10.3. The van der Waals surface area contributed by atoms with Crippen molar-refractivity contribution in [3.8, 4) is 0 Å². The molecule has 1 aliphatic heterocycles. The molecule has 0 aliphatic carbocycles. The summed E-state index contributed by atoms with van der Waals surface area (Å²) in [5.41, 5.74) is 0. The second-order valence-electron chi connectivity index (χ2n) is 7.03. The molecule has 0 bridgehead atoms. The van der Waals surface area contributed by atoms with E-state index in [2.05, 4.69) is 37.1 Å². The Bertz CT molecular complexity index is 405. The Balaban J connectivity index is 2.58. The van der Waals surface area contributed by atoms with Gasteiger partial charge in [-0.3, -0.25) is 9.59 Å². The normalized spacial score (nSPS) is 19.3. The van der Waals surface area contributed by atoms with Crippen LogP contribution in [0.5, 0.6) is 0 Å². The molecule has 22 heavy (non-hydrogen) atoms. The zero-order valence-electron chi connectivity index (χ0n) is 14.4. The van der Waals surface area contributed by atoms with E-state index in [1.807, 2.05) is 0 Å². The lowest BCUT2D eigenvalue weighted by Crippen LogP contribution is -2.51. The van der Waals surface area contributed by atoms with Crippen molar-refractivity contribution in [1.82, 2.24) is 10.2 Å². The fraction of sp³-hybridized carbons (Fsp3) is 0.750. The van der Waals surface area contributed by atoms with E-state index in [1.165, 1.54) is 0 Å². The van der Waals surface area contributed by atoms with Crippen LogP contribution in [-0.4, -0.2) is 57.6 Å². The maximum atomic E-state index is 12.6. The molecule has 0 unspecified atom stereocenters. The van der Waals surface area contributed by atoms with E-state index in [-0.39, 0.29) is 17.9 Å². The van der Waals surface area contributed by atoms with Crippen molar-refractivity contribution in [2.24, 2.45) is 0 Å². The molecule has 1 heterocycles. The van der Waals surface area contributed by atoms with E-state index < -0.39 is 8.07 Å². The van der Waals surface area contributed by atoms with Gasteiger partial charge in [0.25, 0.3) is 0 Å². The summed E-state index contributed by atoms with van der Waals surface area (Å²) in [6, 6.07) is 0.739. The molecule has 0 aromatic heterocycles. The average molecular weight is 327 g/mol. The van der Waals surface area contributed by atoms with E-state index in [1.54, 1.807) is 12.0 Å². The van der Waals surface area contributed by atoms with Gasteiger partial charge in [0.2, 0.25) is 11.8 Å². The van der Waals surface area contributed by atoms with Crippen LogP contribution >= 0.6 is 0 Å². The maximum Gasteiger partial charge on any atom is 0.245 e. The van der Waals surface area contributed by atoms with Crippen LogP contribution in [-0.2, 0) is 14.3 Å². The van der Waals surface area contributed by atoms with Gasteiger partial charge in [-0.05, 0) is 18.9 Å². The van der Waals surface area contributed by atoms with Crippen LogP contribution in [0.3, 0.4) is 0 Å². The number of carbonyl (C=O) groups is 2. The first kappa shape index (κ1) is 18.9. The van der Waals surface area contributed by atoms with Crippen molar-refractivity contribution in [2.45, 2.75) is 51.0 Å². The molecule has 1 aliphatic rings. The average Bonchev–Trinajstić information content (AvgIpc) is 2.45. The van der Waals surface area contributed by atoms with Gasteiger partial charge < -0.3 is 15.0 Å². The molecule has 1 atom stereocenters. The van der Waals surface area contributed by atoms with Crippen LogP contribution < -0.4 is 5.32 Å². The molecule has 2 amide bonds. The van der Waals surface area contributed by atoms with Crippen LogP contribution in [0.4, 0.5) is 0 Å². The van der Waals surface area contributed by atoms with Gasteiger partial charge in [-0.2, -0.15) is 0 Å². The lowest BCUT2D eigenvalue weighted by molar-refractivity contribution is -0.138. The van der Waals surface area contributed by atoms with Crippen molar-refractivity contribution in [1.29, 1.82) is 0 Å². The van der Waals surface area contributed by atoms with Crippen molar-refractivity contribution < 1.29 is 14.3 Å². The molecule has 1 fully saturated rings. The Kier molecular flexibility index (Phi) is 7.82. The fourth-order valence-corrected chi connectivity index (χ4v) is 3.22. The quantitative estimate of drug-likeness (QED) is 0.548. The second-order valence-corrected chi connectivity index (χ2v) is 12.6. The summed E-state index contributed by atoms with van der Waals surface area (Å²) in [5.74, 6) is -0.0201. The molecule has 1 saturated heterocycles. The van der Waals surface area contributed by atoms with Gasteiger partial charge in [-0.1, -0.05) is 31.8 Å². The van der Waals surface area contributed by atoms with Crippen LogP contribution in [0.2, 0.25) is 25.7 Å². The summed E-state index contributed by atoms with van der Waals surface area (Å²) in [5, 5.41) is 2.80. The van der Waals surface area contributed by atoms with Crippen LogP contribution in [0, 0.1) is 0 Å². The summed E-state index contributed by atoms with van der Waals surface area (Å²) in [6.07, 6.45) is 6.28. The summed E-state index contributed by atoms with van der Waals surface area (Å²) < 4.78 is 5.09. The highest BCUT2D eigenvalue weighted by molar-refractivity contribution is 6.76. The number of hydrogen-bond donors (Lipinski definition) is 1. The van der Waals surface area contributed by atoms with E-state index in [4.69, 9.17) is 4.74 Å². The Morgan fingerprint density at radius 1 is 1.41 bits per heavy atom. The van der Waals surface area contributed by atoms with Crippen molar-refractivity contribution in [3.05, 3.63) is 12.2 Å². The number of rotatable bonds is 8. The standard InChI is InChI=1S/C16H30N2O3Si/c1-21-12-11-18(10-5-6-13-22(2,3)4)16(20)14-8-7-9-15(19)17-14/h5-6,14H,7-13H2,1-4H3,(H,17,19)/t14-/m0/s1. The van der Waals surface area contributed by atoms with E-state index in [9.17, 15) is 9.59 Å². The predicted molar refractivity (Wildman–Crippen MR) is 91.5 cm³/mol. The number of nitrogens with one attached hydrogen (secondary N) is 1. The molecular formula is C16H30N2O3Si. The number of amides is 2. The van der Waals surface area contributed by atoms with Gasteiger partial charge in [0.05, 0.1) is 6.61 Å². The molecule has 1 N–H and O–H groups in total. The Morgan fingerprint density at radius 2 is 2.14 bits per heavy atom. The summed E-state index contributed by atoms with van der Waals surface area (Å²) in [6.45, 7) is 8.61. The second kappa shape index (κ2) is 9.10. The van der Waals surface area contributed by atoms with E-state index in [0.717, 1.165) is 18.9 Å². The van der Waals surface area contributed by atoms with Crippen molar-refractivity contribution in [2.75, 3.05) is 26.8 Å². The van der Waals surface area contributed by atoms with Crippen LogP contribution in [0.15, 0.2) is 12.2 Å². The third kappa shape index (κ3) is 7.22. The fourth-order valence-electron chi connectivity index (χ4n) is 2.34. The lowest BCUT2D eigenvalue weighted by atomic mass is 10.0. The molecule has 126 valence electrons. The number of ether oxygens (including phenoxy) is 1. The molecule has 5 nitrogen and oxygen atoms in total. The smallest absolute Gasteiger partial charge is 0.245 e. The monoisotopic (exact) mass is 326 g/mol. The third-order valence-electron chi connectivity index (χ3n) is 3.63. The van der Waals surface area contributed by atoms with E-state index >= 15 is 0 Å². The van der Waals surface area contributed by atoms with Gasteiger partial charge in [-0.15, -0.1) is 0 Å². The highest BCUT2D eigenvalue weighted by Gasteiger charge is 2.28. The maximum absolute atomic E-state index is 12.6. The number of carbonyl (C=O) groups excluding carboxylic acids is 2. The minimum Gasteiger partial charge on any atom is -0.383 e. The summed E-state index contributed by atoms with van der Waals surface area (Å²) in [4.78, 5) is 25.8. The molecule has 0 aromatic rings. The largest absolute Gasteiger partial charge is 0.383 e. The van der Waals surface area contributed by atoms with Crippen LogP contribution in [0.1, 0.15) is 19.3 Å². The number of piperidine rings is 1. The highest BCUT2D eigenvalue weighted by Crippen LogP contribution is 2.12. The zero-order valence-corrected chi connectivity index (χ0v) is 15.4. The topological polar surface area (TPSA) is 58.6 Å². The number of methoxy groups -OCH3 is 1. The third-order valence-corrected chi connectivity index (χ3v) is 5.09. The number of hydrogen-bond acceptors (Lipinski definition) is 3. The van der Waals surface area contributed by atoms with Gasteiger partial charge in [-0.25, -0.2) is 0 Å². The molecular weight excluding hydrogens is 296 g/mol. The Labute approximate surface area is 135 Å². The molecule has 0 aromatic carbocycles. The SMILES string of the molecule is COCCN(CC=CC[Si](C)(C)C)C(=O)[C@@H]1CCCC(=O)N1. The first-order valence-electron chi connectivity index (χ1n) is 8.05. The molecule has 1 rings (SSSR count). The van der Waals surface area contributed by atoms with Crippen molar-refractivity contribution in [3.63, 3.8) is 0 Å². The minimum atomic E-state index is -1.10. The molecule has 0 spiro atoms. The summed E-state index contributed by atoms with van der Waals surface area (Å²) >= 11 is 0. The number of nitrogens with zero attached hydrogens (tertiary/aromatic N) is 1. The van der Waals surface area contributed by atoms with Gasteiger partial charge in [0.15, 0.2) is 0 Å². The van der Waals surface area contributed by atoms with Gasteiger partial charge >= 0.3 is 0 Å². The summed E-state index contributed by atoms with van der Waals surface area (Å²) in [7, 11) is 0.536. The minimum absolute atomic E-state index is 0.00255. The van der Waals surface area contributed by atoms with Crippen molar-refractivity contribution >= 4 is 19.9 Å². The lowest BCUT2D eigenvalue weighted by Gasteiger charge is -2.29. The van der Waals surface area contributed by atoms with Crippen LogP contribution in [0.25, 0.3) is 0 Å². The Morgan fingerprint density at radius 3 is 2.73 bits per heavy atom. The first-order valence-corrected chi connectivity index (χ1v) is 11.8. The molecule has 0 saturated carbocycles.